The summed E-state index contributed by atoms with van der Waals surface area (Å²) in [6.07, 6.45) is 13.8. The molecule has 0 spiro atoms. The van der Waals surface area contributed by atoms with Crippen LogP contribution in [0.3, 0.4) is 0 Å². The Morgan fingerprint density at radius 1 is 0.935 bits per heavy atom. The fraction of sp³-hybridized carbons (Fsp3) is 0.720. The lowest BCUT2D eigenvalue weighted by Crippen LogP contribution is -2.33. The number of rotatable bonds is 10. The molecular formula is C25H40N2O3S. The largest absolute Gasteiger partial charge is 0.310 e. The number of hydrogen-bond donors (Lipinski definition) is 2. The zero-order chi connectivity index (χ0) is 22.1. The van der Waals surface area contributed by atoms with Crippen molar-refractivity contribution in [2.45, 2.75) is 102 Å². The van der Waals surface area contributed by atoms with Gasteiger partial charge in [-0.15, -0.1) is 0 Å². The first-order chi connectivity index (χ1) is 14.9. The van der Waals surface area contributed by atoms with Crippen LogP contribution < -0.4 is 10.0 Å². The summed E-state index contributed by atoms with van der Waals surface area (Å²) in [7, 11) is -3.70. The molecule has 31 heavy (non-hydrogen) atoms. The van der Waals surface area contributed by atoms with Gasteiger partial charge < -0.3 is 5.32 Å². The van der Waals surface area contributed by atoms with E-state index in [0.29, 0.717) is 24.9 Å². The molecule has 1 aromatic carbocycles. The Hall–Kier alpha value is -1.40. The molecule has 0 radical (unpaired) electrons. The molecule has 174 valence electrons. The van der Waals surface area contributed by atoms with Gasteiger partial charge in [-0.1, -0.05) is 75.6 Å². The van der Waals surface area contributed by atoms with Crippen molar-refractivity contribution in [1.29, 1.82) is 0 Å². The van der Waals surface area contributed by atoms with Crippen molar-refractivity contribution in [2.24, 2.45) is 11.8 Å². The minimum atomic E-state index is -3.70. The maximum Gasteiger partial charge on any atom is 0.239 e. The first kappa shape index (κ1) is 24.2. The number of amides is 1. The highest BCUT2D eigenvalue weighted by atomic mass is 32.2. The van der Waals surface area contributed by atoms with Crippen molar-refractivity contribution >= 4 is 15.9 Å². The van der Waals surface area contributed by atoms with Gasteiger partial charge in [-0.25, -0.2) is 8.42 Å². The maximum absolute atomic E-state index is 12.7. The molecule has 2 aliphatic carbocycles. The molecule has 2 N–H and O–H groups in total. The van der Waals surface area contributed by atoms with Crippen molar-refractivity contribution in [3.63, 3.8) is 0 Å². The summed E-state index contributed by atoms with van der Waals surface area (Å²) in [6, 6.07) is 8.05. The average molecular weight is 449 g/mol. The van der Waals surface area contributed by atoms with E-state index < -0.39 is 10.0 Å². The average Bonchev–Trinajstić information content (AvgIpc) is 2.74. The normalized spacial score (nSPS) is 19.8. The van der Waals surface area contributed by atoms with Crippen LogP contribution in [-0.2, 0) is 27.1 Å². The molecule has 2 fully saturated rings. The predicted octanol–water partition coefficient (Wildman–Crippen LogP) is 5.05. The first-order valence-electron chi connectivity index (χ1n) is 12.2. The van der Waals surface area contributed by atoms with Crippen LogP contribution in [0.1, 0.15) is 95.1 Å². The number of carbonyl (C=O) groups is 1. The van der Waals surface area contributed by atoms with Gasteiger partial charge >= 0.3 is 0 Å². The van der Waals surface area contributed by atoms with E-state index in [1.54, 1.807) is 0 Å². The van der Waals surface area contributed by atoms with Crippen LogP contribution in [0, 0.1) is 11.8 Å². The third-order valence-corrected chi connectivity index (χ3v) is 8.21. The molecule has 1 amide bonds. The van der Waals surface area contributed by atoms with Crippen LogP contribution in [0.4, 0.5) is 0 Å². The molecular weight excluding hydrogens is 408 g/mol. The quantitative estimate of drug-likeness (QED) is 0.525. The van der Waals surface area contributed by atoms with Gasteiger partial charge in [-0.05, 0) is 49.1 Å². The van der Waals surface area contributed by atoms with E-state index in [1.165, 1.54) is 44.9 Å². The van der Waals surface area contributed by atoms with Crippen LogP contribution in [0.2, 0.25) is 0 Å². The monoisotopic (exact) mass is 448 g/mol. The molecule has 0 saturated heterocycles. The van der Waals surface area contributed by atoms with Crippen LogP contribution in [0.15, 0.2) is 24.3 Å². The van der Waals surface area contributed by atoms with E-state index in [1.807, 2.05) is 24.3 Å². The molecule has 2 aliphatic rings. The standard InChI is InChI=1S/C25H40N2O3S/c1-20(16-21-10-4-2-5-11-21)26-18-23-14-8-9-15-24(23)19-31(29,30)27-25(28)17-22-12-6-3-7-13-22/h8-9,14-15,20-22,26H,2-7,10-13,16-19H2,1H3,(H,27,28). The van der Waals surface area contributed by atoms with Gasteiger partial charge in [0.05, 0.1) is 5.75 Å². The summed E-state index contributed by atoms with van der Waals surface area (Å²) >= 11 is 0. The highest BCUT2D eigenvalue weighted by Gasteiger charge is 2.22. The molecule has 0 bridgehead atoms. The van der Waals surface area contributed by atoms with Gasteiger partial charge in [0, 0.05) is 19.0 Å². The zero-order valence-corrected chi connectivity index (χ0v) is 19.9. The molecule has 0 heterocycles. The number of sulfonamides is 1. The van der Waals surface area contributed by atoms with E-state index in [0.717, 1.165) is 42.7 Å². The second kappa shape index (κ2) is 12.0. The summed E-state index contributed by atoms with van der Waals surface area (Å²) in [5.41, 5.74) is 1.75. The van der Waals surface area contributed by atoms with Gasteiger partial charge in [0.15, 0.2) is 0 Å². The third-order valence-electron chi connectivity index (χ3n) is 6.98. The molecule has 1 atom stereocenters. The molecule has 3 rings (SSSR count). The van der Waals surface area contributed by atoms with Gasteiger partial charge in [-0.3, -0.25) is 9.52 Å². The fourth-order valence-corrected chi connectivity index (χ4v) is 6.46. The van der Waals surface area contributed by atoms with Crippen LogP contribution >= 0.6 is 0 Å². The Kier molecular flexibility index (Phi) is 9.39. The molecule has 2 saturated carbocycles. The summed E-state index contributed by atoms with van der Waals surface area (Å²) in [6.45, 7) is 2.87. The van der Waals surface area contributed by atoms with Crippen LogP contribution in [0.25, 0.3) is 0 Å². The molecule has 1 aromatic rings. The maximum atomic E-state index is 12.7. The van der Waals surface area contributed by atoms with Crippen LogP contribution in [0.5, 0.6) is 0 Å². The highest BCUT2D eigenvalue weighted by Crippen LogP contribution is 2.28. The first-order valence-corrected chi connectivity index (χ1v) is 13.9. The van der Waals surface area contributed by atoms with E-state index in [9.17, 15) is 13.2 Å². The summed E-state index contributed by atoms with van der Waals surface area (Å²) in [4.78, 5) is 12.3. The van der Waals surface area contributed by atoms with E-state index in [2.05, 4.69) is 17.0 Å². The molecule has 5 nitrogen and oxygen atoms in total. The number of carbonyl (C=O) groups excluding carboxylic acids is 1. The smallest absolute Gasteiger partial charge is 0.239 e. The Labute approximate surface area is 188 Å². The zero-order valence-electron chi connectivity index (χ0n) is 19.1. The van der Waals surface area contributed by atoms with Crippen molar-refractivity contribution in [3.8, 4) is 0 Å². The molecule has 1 unspecified atom stereocenters. The summed E-state index contributed by atoms with van der Waals surface area (Å²) in [5.74, 6) is 0.624. The lowest BCUT2D eigenvalue weighted by atomic mass is 9.85. The third kappa shape index (κ3) is 8.57. The van der Waals surface area contributed by atoms with E-state index in [-0.39, 0.29) is 11.7 Å². The topological polar surface area (TPSA) is 75.3 Å². The fourth-order valence-electron chi connectivity index (χ4n) is 5.27. The van der Waals surface area contributed by atoms with Gasteiger partial charge in [-0.2, -0.15) is 0 Å². The Bertz CT molecular complexity index is 797. The SMILES string of the molecule is CC(CC1CCCCC1)NCc1ccccc1CS(=O)(=O)NC(=O)CC1CCCCC1. The lowest BCUT2D eigenvalue weighted by molar-refractivity contribution is -0.120. The Morgan fingerprint density at radius 2 is 1.52 bits per heavy atom. The number of benzene rings is 1. The van der Waals surface area contributed by atoms with Crippen molar-refractivity contribution < 1.29 is 13.2 Å². The van der Waals surface area contributed by atoms with Crippen LogP contribution in [-0.4, -0.2) is 20.4 Å². The molecule has 6 heteroatoms. The second-order valence-electron chi connectivity index (χ2n) is 9.78. The molecule has 0 aromatic heterocycles. The van der Waals surface area contributed by atoms with Gasteiger partial charge in [0.25, 0.3) is 0 Å². The highest BCUT2D eigenvalue weighted by molar-refractivity contribution is 7.89. The second-order valence-corrected chi connectivity index (χ2v) is 11.5. The number of nitrogens with one attached hydrogen (secondary N) is 2. The van der Waals surface area contributed by atoms with E-state index >= 15 is 0 Å². The Balaban J connectivity index is 1.50. The van der Waals surface area contributed by atoms with Gasteiger partial charge in [0.1, 0.15) is 0 Å². The minimum Gasteiger partial charge on any atom is -0.310 e. The van der Waals surface area contributed by atoms with Crippen molar-refractivity contribution in [1.82, 2.24) is 10.0 Å². The minimum absolute atomic E-state index is 0.154. The lowest BCUT2D eigenvalue weighted by Gasteiger charge is -2.25. The van der Waals surface area contributed by atoms with Gasteiger partial charge in [0.2, 0.25) is 15.9 Å². The van der Waals surface area contributed by atoms with E-state index in [4.69, 9.17) is 0 Å². The molecule has 0 aliphatic heterocycles. The van der Waals surface area contributed by atoms with Crippen molar-refractivity contribution in [3.05, 3.63) is 35.4 Å². The summed E-state index contributed by atoms with van der Waals surface area (Å²) < 4.78 is 27.6. The Morgan fingerprint density at radius 3 is 2.16 bits per heavy atom. The van der Waals surface area contributed by atoms with Crippen molar-refractivity contribution in [2.75, 3.05) is 0 Å². The summed E-state index contributed by atoms with van der Waals surface area (Å²) in [5, 5.41) is 3.59. The predicted molar refractivity (Wildman–Crippen MR) is 126 cm³/mol. The number of hydrogen-bond acceptors (Lipinski definition) is 4.